The zero-order chi connectivity index (χ0) is 7.15. The molecule has 0 spiro atoms. The van der Waals surface area contributed by atoms with Crippen LogP contribution in [-0.2, 0) is 10.6 Å². The number of nitrogens with two attached hydrogens (primary N) is 2. The van der Waals surface area contributed by atoms with Crippen LogP contribution in [0.5, 0.6) is 0 Å². The maximum absolute atomic E-state index is 9.00. The third-order valence-electron chi connectivity index (χ3n) is 0. The molecule has 2 amide bonds. The van der Waals surface area contributed by atoms with Crippen LogP contribution in [-0.4, -0.2) is 18.7 Å². The molecule has 0 aliphatic heterocycles. The van der Waals surface area contributed by atoms with Gasteiger partial charge < -0.3 is 11.5 Å². The molecule has 4 N–H and O–H groups in total. The molecule has 0 rings (SSSR count). The summed E-state index contributed by atoms with van der Waals surface area (Å²) in [5.74, 6) is 0. The first kappa shape index (κ1) is 10.00. The Bertz CT molecular complexity index is 143. The molecule has 0 aromatic carbocycles. The van der Waals surface area contributed by atoms with Gasteiger partial charge in [0, 0.05) is 0 Å². The van der Waals surface area contributed by atoms with E-state index in [4.69, 9.17) is 17.4 Å². The minimum atomic E-state index is -3.11. The molecule has 0 saturated carbocycles. The summed E-state index contributed by atoms with van der Waals surface area (Å²) in [6.45, 7) is 0. The van der Waals surface area contributed by atoms with Crippen LogP contribution in [0.1, 0.15) is 0 Å². The van der Waals surface area contributed by atoms with Crippen molar-refractivity contribution >= 4 is 16.6 Å². The molecule has 0 bridgehead atoms. The van der Waals surface area contributed by atoms with Gasteiger partial charge in [0.15, 0.2) is 0 Å². The van der Waals surface area contributed by atoms with Gasteiger partial charge in [-0.05, 0) is 0 Å². The SMILES string of the molecule is NC(N)=O.O=S(=O)=O. The van der Waals surface area contributed by atoms with E-state index in [1.54, 1.807) is 0 Å². The van der Waals surface area contributed by atoms with Crippen molar-refractivity contribution in [3.8, 4) is 0 Å². The molecule has 6 nitrogen and oxygen atoms in total. The molecule has 0 heterocycles. The molecule has 0 fully saturated rings. The maximum atomic E-state index is 9.00. The van der Waals surface area contributed by atoms with Crippen molar-refractivity contribution in [2.75, 3.05) is 0 Å². The lowest BCUT2D eigenvalue weighted by atomic mass is 11.2. The monoisotopic (exact) mass is 140 g/mol. The lowest BCUT2D eigenvalue weighted by Crippen LogP contribution is -2.18. The van der Waals surface area contributed by atoms with Gasteiger partial charge in [-0.3, -0.25) is 0 Å². The Hall–Kier alpha value is -1.11. The normalized spacial score (nSPS) is 6.00. The summed E-state index contributed by atoms with van der Waals surface area (Å²) >= 11 is 0. The van der Waals surface area contributed by atoms with E-state index in [0.717, 1.165) is 0 Å². The number of primary amides is 2. The van der Waals surface area contributed by atoms with Gasteiger partial charge in [0.2, 0.25) is 0 Å². The van der Waals surface area contributed by atoms with Crippen LogP contribution in [0, 0.1) is 0 Å². The first-order chi connectivity index (χ1) is 3.46. The molecule has 8 heavy (non-hydrogen) atoms. The van der Waals surface area contributed by atoms with Crippen molar-refractivity contribution in [3.63, 3.8) is 0 Å². The zero-order valence-electron chi connectivity index (χ0n) is 3.70. The number of carbonyl (C=O) groups excluding carboxylic acids is 1. The Kier molecular flexibility index (Phi) is 7.36. The van der Waals surface area contributed by atoms with Gasteiger partial charge in [0.05, 0.1) is 0 Å². The van der Waals surface area contributed by atoms with Gasteiger partial charge in [0.1, 0.15) is 0 Å². The molecule has 0 aromatic rings. The van der Waals surface area contributed by atoms with E-state index < -0.39 is 16.6 Å². The summed E-state index contributed by atoms with van der Waals surface area (Å²) < 4.78 is 25.3. The van der Waals surface area contributed by atoms with Gasteiger partial charge in [-0.1, -0.05) is 0 Å². The van der Waals surface area contributed by atoms with Gasteiger partial charge >= 0.3 is 16.6 Å². The Morgan fingerprint density at radius 3 is 1.12 bits per heavy atom. The Labute approximate surface area is 46.5 Å². The predicted octanol–water partition coefficient (Wildman–Crippen LogP) is -1.98. The standard InChI is InChI=1S/CH4N2O.O3S/c2-1(3)4;1-4(2)3/h(H4,2,3,4);. The Morgan fingerprint density at radius 2 is 1.12 bits per heavy atom. The van der Waals surface area contributed by atoms with Crippen LogP contribution in [0.25, 0.3) is 0 Å². The van der Waals surface area contributed by atoms with Crippen molar-refractivity contribution in [2.45, 2.75) is 0 Å². The number of hydrogen-bond acceptors (Lipinski definition) is 4. The van der Waals surface area contributed by atoms with E-state index >= 15 is 0 Å². The highest BCUT2D eigenvalue weighted by atomic mass is 32.2. The fraction of sp³-hybridized carbons (Fsp3) is 0. The first-order valence-corrected chi connectivity index (χ1v) is 2.28. The average molecular weight is 140 g/mol. The van der Waals surface area contributed by atoms with Gasteiger partial charge in [-0.25, -0.2) is 4.79 Å². The highest BCUT2D eigenvalue weighted by Gasteiger charge is 1.60. The molecule has 0 aliphatic rings. The fourth-order valence-electron chi connectivity index (χ4n) is 0. The summed E-state index contributed by atoms with van der Waals surface area (Å²) in [5.41, 5.74) is 8.50. The molecule has 7 heteroatoms. The van der Waals surface area contributed by atoms with E-state index in [-0.39, 0.29) is 0 Å². The van der Waals surface area contributed by atoms with E-state index in [9.17, 15) is 0 Å². The van der Waals surface area contributed by atoms with Crippen LogP contribution < -0.4 is 11.5 Å². The number of rotatable bonds is 0. The van der Waals surface area contributed by atoms with Crippen molar-refractivity contribution in [2.24, 2.45) is 11.5 Å². The highest BCUT2D eigenvalue weighted by Crippen LogP contribution is 1.25. The van der Waals surface area contributed by atoms with Gasteiger partial charge in [-0.15, -0.1) is 12.6 Å². The summed E-state index contributed by atoms with van der Waals surface area (Å²) in [6, 6.07) is -0.833. The van der Waals surface area contributed by atoms with Crippen molar-refractivity contribution in [1.29, 1.82) is 0 Å². The van der Waals surface area contributed by atoms with Crippen LogP contribution in [0.4, 0.5) is 4.79 Å². The third kappa shape index (κ3) is 60.1. The second kappa shape index (κ2) is 5.89. The smallest absolute Gasteiger partial charge is 0.352 e. The van der Waals surface area contributed by atoms with E-state index in [1.165, 1.54) is 0 Å². The molecular formula is CH4N2O4S. The molecule has 0 aromatic heterocycles. The van der Waals surface area contributed by atoms with Gasteiger partial charge in [0.25, 0.3) is 0 Å². The van der Waals surface area contributed by atoms with E-state index in [0.29, 0.717) is 0 Å². The quantitative estimate of drug-likeness (QED) is 0.405. The van der Waals surface area contributed by atoms with E-state index in [1.807, 2.05) is 0 Å². The second-order valence-electron chi connectivity index (χ2n) is 0.606. The summed E-state index contributed by atoms with van der Waals surface area (Å²) in [5, 5.41) is 0. The van der Waals surface area contributed by atoms with Crippen LogP contribution in [0.2, 0.25) is 0 Å². The van der Waals surface area contributed by atoms with Crippen LogP contribution in [0.15, 0.2) is 0 Å². The fourth-order valence-corrected chi connectivity index (χ4v) is 0. The second-order valence-corrected chi connectivity index (χ2v) is 1.01. The number of carbonyl (C=O) groups is 1. The average Bonchev–Trinajstić information content (AvgIpc) is 1.25. The minimum Gasteiger partial charge on any atom is -0.352 e. The summed E-state index contributed by atoms with van der Waals surface area (Å²) in [7, 11) is -3.11. The minimum absolute atomic E-state index is 0.833. The lowest BCUT2D eigenvalue weighted by molar-refractivity contribution is 0.256. The predicted molar refractivity (Wildman–Crippen MR) is 23.5 cm³/mol. The Morgan fingerprint density at radius 1 is 1.12 bits per heavy atom. The van der Waals surface area contributed by atoms with Crippen molar-refractivity contribution in [3.05, 3.63) is 0 Å². The van der Waals surface area contributed by atoms with Crippen LogP contribution in [0.3, 0.4) is 0 Å². The highest BCUT2D eigenvalue weighted by molar-refractivity contribution is 7.59. The van der Waals surface area contributed by atoms with Crippen LogP contribution >= 0.6 is 0 Å². The summed E-state index contributed by atoms with van der Waals surface area (Å²) in [4.78, 5) is 9.00. The molecule has 0 atom stereocenters. The topological polar surface area (TPSA) is 120 Å². The Balaban J connectivity index is 0. The molecule has 0 aliphatic carbocycles. The third-order valence-corrected chi connectivity index (χ3v) is 0. The number of amides is 2. The zero-order valence-corrected chi connectivity index (χ0v) is 4.51. The van der Waals surface area contributed by atoms with Crippen molar-refractivity contribution in [1.82, 2.24) is 0 Å². The maximum Gasteiger partial charge on any atom is 0.425 e. The molecule has 0 radical (unpaired) electrons. The van der Waals surface area contributed by atoms with E-state index in [2.05, 4.69) is 11.5 Å². The molecule has 48 valence electrons. The largest absolute Gasteiger partial charge is 0.425 e. The lowest BCUT2D eigenvalue weighted by Gasteiger charge is -1.62. The number of urea groups is 1. The van der Waals surface area contributed by atoms with Crippen molar-refractivity contribution < 1.29 is 17.4 Å². The molecule has 0 unspecified atom stereocenters. The number of hydrogen-bond donors (Lipinski definition) is 2. The first-order valence-electron chi connectivity index (χ1n) is 1.28. The molecule has 0 saturated heterocycles. The van der Waals surface area contributed by atoms with Gasteiger partial charge in [-0.2, -0.15) is 0 Å². The summed E-state index contributed by atoms with van der Waals surface area (Å²) in [6.07, 6.45) is 0. The molecular weight excluding hydrogens is 136 g/mol.